The van der Waals surface area contributed by atoms with E-state index >= 15 is 0 Å². The summed E-state index contributed by atoms with van der Waals surface area (Å²) < 4.78 is 10.9. The number of amides is 2. The molecule has 2 fully saturated rings. The number of piperazine rings is 1. The summed E-state index contributed by atoms with van der Waals surface area (Å²) in [5, 5.41) is 2.96. The Balaban J connectivity index is 1.19. The number of nitrogens with zero attached hydrogens (tertiary/aromatic N) is 2. The monoisotopic (exact) mass is 478 g/mol. The van der Waals surface area contributed by atoms with E-state index in [4.69, 9.17) is 15.2 Å². The van der Waals surface area contributed by atoms with E-state index in [-0.39, 0.29) is 17.9 Å². The van der Waals surface area contributed by atoms with Crippen LogP contribution in [0.5, 0.6) is 11.5 Å². The fourth-order valence-corrected chi connectivity index (χ4v) is 5.62. The molecule has 3 N–H and O–H groups in total. The first kappa shape index (κ1) is 23.6. The Morgan fingerprint density at radius 3 is 2.49 bits per heavy atom. The number of carbonyl (C=O) groups is 2. The van der Waals surface area contributed by atoms with Crippen LogP contribution in [0.2, 0.25) is 0 Å². The van der Waals surface area contributed by atoms with Crippen molar-refractivity contribution in [3.8, 4) is 11.5 Å². The van der Waals surface area contributed by atoms with Crippen LogP contribution in [0.4, 0.5) is 0 Å². The summed E-state index contributed by atoms with van der Waals surface area (Å²) in [6.07, 6.45) is 4.01. The van der Waals surface area contributed by atoms with Crippen LogP contribution >= 0.6 is 0 Å². The van der Waals surface area contributed by atoms with E-state index in [1.807, 2.05) is 36.4 Å². The van der Waals surface area contributed by atoms with Gasteiger partial charge in [-0.2, -0.15) is 0 Å². The second-order valence-electron chi connectivity index (χ2n) is 9.71. The molecule has 2 aromatic rings. The maximum absolute atomic E-state index is 13.4. The molecule has 2 heterocycles. The molecule has 1 saturated heterocycles. The van der Waals surface area contributed by atoms with Gasteiger partial charge in [0.1, 0.15) is 6.04 Å². The van der Waals surface area contributed by atoms with Crippen molar-refractivity contribution in [2.45, 2.75) is 44.3 Å². The van der Waals surface area contributed by atoms with Gasteiger partial charge < -0.3 is 20.5 Å². The number of hydrogen-bond acceptors (Lipinski definition) is 6. The first-order valence-corrected chi connectivity index (χ1v) is 12.6. The fraction of sp³-hybridized carbons (Fsp3) is 0.481. The van der Waals surface area contributed by atoms with Gasteiger partial charge in [0.05, 0.1) is 5.92 Å². The van der Waals surface area contributed by atoms with Crippen LogP contribution in [0.25, 0.3) is 0 Å². The topological polar surface area (TPSA) is 97.1 Å². The summed E-state index contributed by atoms with van der Waals surface area (Å²) in [6.45, 7) is 4.92. The van der Waals surface area contributed by atoms with Crippen molar-refractivity contribution in [2.75, 3.05) is 33.0 Å². The third-order valence-electron chi connectivity index (χ3n) is 7.49. The number of fused-ring (bicyclic) bond motifs is 1. The summed E-state index contributed by atoms with van der Waals surface area (Å²) in [4.78, 5) is 30.4. The van der Waals surface area contributed by atoms with Crippen LogP contribution in [-0.4, -0.2) is 60.6 Å². The second-order valence-corrected chi connectivity index (χ2v) is 9.71. The van der Waals surface area contributed by atoms with Crippen LogP contribution in [0, 0.1) is 5.92 Å². The average molecular weight is 479 g/mol. The van der Waals surface area contributed by atoms with Gasteiger partial charge in [-0.15, -0.1) is 0 Å². The molecule has 0 bridgehead atoms. The van der Waals surface area contributed by atoms with Crippen molar-refractivity contribution >= 4 is 11.8 Å². The van der Waals surface area contributed by atoms with Gasteiger partial charge in [0, 0.05) is 38.8 Å². The van der Waals surface area contributed by atoms with Crippen molar-refractivity contribution in [1.82, 2.24) is 15.1 Å². The smallest absolute Gasteiger partial charge is 0.244 e. The van der Waals surface area contributed by atoms with Crippen LogP contribution < -0.4 is 20.5 Å². The van der Waals surface area contributed by atoms with E-state index in [9.17, 15) is 9.59 Å². The minimum atomic E-state index is -0.801. The SMILES string of the molecule is NC(=O)[C@@H](NC(=O)[C@@H]1CCCC[C@H]1N1CCN(Cc2ccc3c(c2)OCO3)CC1)c1ccccc1. The predicted molar refractivity (Wildman–Crippen MR) is 132 cm³/mol. The summed E-state index contributed by atoms with van der Waals surface area (Å²) in [6, 6.07) is 14.8. The molecule has 2 amide bonds. The molecule has 0 aromatic heterocycles. The summed E-state index contributed by atoms with van der Waals surface area (Å²) in [5.41, 5.74) is 7.59. The predicted octanol–water partition coefficient (Wildman–Crippen LogP) is 2.43. The Hall–Kier alpha value is -3.10. The quantitative estimate of drug-likeness (QED) is 0.635. The second kappa shape index (κ2) is 10.7. The van der Waals surface area contributed by atoms with Crippen molar-refractivity contribution in [3.05, 3.63) is 59.7 Å². The van der Waals surface area contributed by atoms with Crippen LogP contribution in [-0.2, 0) is 16.1 Å². The van der Waals surface area contributed by atoms with Crippen molar-refractivity contribution in [2.24, 2.45) is 11.7 Å². The number of rotatable bonds is 7. The van der Waals surface area contributed by atoms with Gasteiger partial charge in [0.15, 0.2) is 11.5 Å². The maximum atomic E-state index is 13.4. The Bertz CT molecular complexity index is 1040. The van der Waals surface area contributed by atoms with Gasteiger partial charge >= 0.3 is 0 Å². The van der Waals surface area contributed by atoms with Gasteiger partial charge in [0.25, 0.3) is 0 Å². The lowest BCUT2D eigenvalue weighted by Gasteiger charge is -2.44. The molecule has 2 aliphatic heterocycles. The van der Waals surface area contributed by atoms with Gasteiger partial charge in [-0.05, 0) is 36.1 Å². The molecule has 8 heteroatoms. The summed E-state index contributed by atoms with van der Waals surface area (Å²) in [5.74, 6) is 0.905. The lowest BCUT2D eigenvalue weighted by atomic mass is 9.82. The normalized spacial score (nSPS) is 23.5. The molecule has 3 atom stereocenters. The highest BCUT2D eigenvalue weighted by Crippen LogP contribution is 2.33. The molecule has 3 aliphatic rings. The number of carbonyl (C=O) groups excluding carboxylic acids is 2. The van der Waals surface area contributed by atoms with E-state index < -0.39 is 11.9 Å². The molecule has 0 unspecified atom stereocenters. The van der Waals surface area contributed by atoms with Gasteiger partial charge in [-0.25, -0.2) is 0 Å². The molecular weight excluding hydrogens is 444 g/mol. The van der Waals surface area contributed by atoms with E-state index in [1.165, 1.54) is 5.56 Å². The largest absolute Gasteiger partial charge is 0.454 e. The zero-order chi connectivity index (χ0) is 24.2. The molecule has 0 spiro atoms. The van der Waals surface area contributed by atoms with E-state index in [2.05, 4.69) is 27.2 Å². The standard InChI is InChI=1S/C27H34N4O4/c28-26(32)25(20-6-2-1-3-7-20)29-27(33)21-8-4-5-9-22(21)31-14-12-30(13-15-31)17-19-10-11-23-24(16-19)35-18-34-23/h1-3,6-7,10-11,16,21-22,25H,4-5,8-9,12-15,17-18H2,(H2,28,32)(H,29,33)/t21-,22-,25+/m1/s1. The lowest BCUT2D eigenvalue weighted by Crippen LogP contribution is -2.55. The van der Waals surface area contributed by atoms with Crippen molar-refractivity contribution in [3.63, 3.8) is 0 Å². The Morgan fingerprint density at radius 1 is 0.971 bits per heavy atom. The number of hydrogen-bond donors (Lipinski definition) is 2. The Labute approximate surface area is 206 Å². The van der Waals surface area contributed by atoms with Gasteiger partial charge in [0.2, 0.25) is 18.6 Å². The number of benzene rings is 2. The molecule has 0 radical (unpaired) electrons. The molecule has 2 aromatic carbocycles. The highest BCUT2D eigenvalue weighted by Gasteiger charge is 2.37. The molecule has 1 aliphatic carbocycles. The first-order chi connectivity index (χ1) is 17.1. The van der Waals surface area contributed by atoms with Crippen molar-refractivity contribution < 1.29 is 19.1 Å². The number of nitrogens with one attached hydrogen (secondary N) is 1. The van der Waals surface area contributed by atoms with Crippen LogP contribution in [0.1, 0.15) is 42.9 Å². The molecular formula is C27H34N4O4. The van der Waals surface area contributed by atoms with Gasteiger partial charge in [-0.1, -0.05) is 49.2 Å². The van der Waals surface area contributed by atoms with Crippen LogP contribution in [0.15, 0.2) is 48.5 Å². The van der Waals surface area contributed by atoms with Crippen molar-refractivity contribution in [1.29, 1.82) is 0 Å². The molecule has 35 heavy (non-hydrogen) atoms. The zero-order valence-corrected chi connectivity index (χ0v) is 20.0. The summed E-state index contributed by atoms with van der Waals surface area (Å²) in [7, 11) is 0. The minimum absolute atomic E-state index is 0.0647. The number of nitrogens with two attached hydrogens (primary N) is 1. The molecule has 1 saturated carbocycles. The Morgan fingerprint density at radius 2 is 1.71 bits per heavy atom. The fourth-order valence-electron chi connectivity index (χ4n) is 5.62. The van der Waals surface area contributed by atoms with Crippen LogP contribution in [0.3, 0.4) is 0 Å². The molecule has 8 nitrogen and oxygen atoms in total. The Kier molecular flexibility index (Phi) is 7.20. The highest BCUT2D eigenvalue weighted by atomic mass is 16.7. The lowest BCUT2D eigenvalue weighted by molar-refractivity contribution is -0.133. The highest BCUT2D eigenvalue weighted by molar-refractivity contribution is 5.88. The van der Waals surface area contributed by atoms with Gasteiger partial charge in [-0.3, -0.25) is 19.4 Å². The minimum Gasteiger partial charge on any atom is -0.454 e. The first-order valence-electron chi connectivity index (χ1n) is 12.6. The summed E-state index contributed by atoms with van der Waals surface area (Å²) >= 11 is 0. The number of ether oxygens (including phenoxy) is 2. The van der Waals surface area contributed by atoms with E-state index in [1.54, 1.807) is 0 Å². The zero-order valence-electron chi connectivity index (χ0n) is 20.0. The van der Waals surface area contributed by atoms with E-state index in [0.717, 1.165) is 75.5 Å². The van der Waals surface area contributed by atoms with E-state index in [0.29, 0.717) is 6.79 Å². The molecule has 5 rings (SSSR count). The maximum Gasteiger partial charge on any atom is 0.244 e. The average Bonchev–Trinajstić information content (AvgIpc) is 3.36. The molecule has 186 valence electrons. The number of primary amides is 1. The third kappa shape index (κ3) is 5.44. The third-order valence-corrected chi connectivity index (χ3v) is 7.49.